The molecule has 0 saturated carbocycles. The molecule has 1 unspecified atom stereocenters. The average Bonchev–Trinajstić information content (AvgIpc) is 3.36. The molecule has 1 amide bonds. The number of aliphatic imine (C=N–C) groups is 1. The highest BCUT2D eigenvalue weighted by atomic mass is 16.5. The molecular formula is C28H30N6O3. The quantitative estimate of drug-likeness (QED) is 0.537. The lowest BCUT2D eigenvalue weighted by atomic mass is 9.89. The zero-order valence-electron chi connectivity index (χ0n) is 20.7. The summed E-state index contributed by atoms with van der Waals surface area (Å²) in [5.74, 6) is 1.21. The van der Waals surface area contributed by atoms with E-state index in [-0.39, 0.29) is 17.8 Å². The number of aromatic nitrogens is 2. The molecule has 0 aliphatic carbocycles. The monoisotopic (exact) mass is 498 g/mol. The van der Waals surface area contributed by atoms with Crippen molar-refractivity contribution in [1.29, 1.82) is 0 Å². The van der Waals surface area contributed by atoms with Gasteiger partial charge in [-0.3, -0.25) is 14.7 Å². The number of fused-ring (bicyclic) bond motifs is 2. The number of nitrogens with zero attached hydrogens (tertiary/aromatic N) is 4. The molecule has 6 rings (SSSR count). The number of amides is 1. The van der Waals surface area contributed by atoms with Gasteiger partial charge in [0.05, 0.1) is 31.2 Å². The smallest absolute Gasteiger partial charge is 0.251 e. The molecule has 0 bridgehead atoms. The lowest BCUT2D eigenvalue weighted by Gasteiger charge is -2.27. The minimum absolute atomic E-state index is 0.0540. The van der Waals surface area contributed by atoms with Gasteiger partial charge in [0.1, 0.15) is 5.75 Å². The van der Waals surface area contributed by atoms with Crippen molar-refractivity contribution in [2.75, 3.05) is 51.7 Å². The zero-order chi connectivity index (χ0) is 25.2. The maximum atomic E-state index is 12.8. The van der Waals surface area contributed by atoms with Gasteiger partial charge in [-0.05, 0) is 47.9 Å². The van der Waals surface area contributed by atoms with Crippen LogP contribution in [0, 0.1) is 5.92 Å². The van der Waals surface area contributed by atoms with E-state index in [2.05, 4.69) is 38.4 Å². The maximum absolute atomic E-state index is 12.8. The van der Waals surface area contributed by atoms with E-state index in [0.717, 1.165) is 79.7 Å². The molecule has 2 aromatic carbocycles. The van der Waals surface area contributed by atoms with E-state index in [1.807, 2.05) is 24.3 Å². The van der Waals surface area contributed by atoms with Crippen LogP contribution in [0.4, 0.5) is 11.6 Å². The van der Waals surface area contributed by atoms with Crippen LogP contribution in [-0.4, -0.2) is 72.5 Å². The molecule has 9 nitrogen and oxygen atoms in total. The van der Waals surface area contributed by atoms with Crippen LogP contribution < -0.4 is 15.8 Å². The van der Waals surface area contributed by atoms with Crippen molar-refractivity contribution < 1.29 is 14.3 Å². The molecular weight excluding hydrogens is 468 g/mol. The number of carbonyl (C=O) groups is 1. The standard InChI is InChI=1S/C28H30N6O3/c29-28-31-6-5-23(33-28)18-1-2-19-16-25(32-24(19)15-18)22-14-21-13-20(3-4-26(21)37-17-22)27(35)30-7-8-34-9-11-36-12-10-34/h1-6,13,15,22H,7-12,14,16-17H2,(H,30,35)(H2,29,31,33). The van der Waals surface area contributed by atoms with Crippen LogP contribution in [0.5, 0.6) is 5.75 Å². The van der Waals surface area contributed by atoms with Crippen LogP contribution in [-0.2, 0) is 17.6 Å². The van der Waals surface area contributed by atoms with Crippen molar-refractivity contribution in [1.82, 2.24) is 20.2 Å². The summed E-state index contributed by atoms with van der Waals surface area (Å²) in [6.07, 6.45) is 3.26. The lowest BCUT2D eigenvalue weighted by Crippen LogP contribution is -2.41. The third-order valence-electron chi connectivity index (χ3n) is 7.21. The van der Waals surface area contributed by atoms with E-state index in [1.165, 1.54) is 5.56 Å². The van der Waals surface area contributed by atoms with Gasteiger partial charge in [0.15, 0.2) is 0 Å². The minimum Gasteiger partial charge on any atom is -0.493 e. The summed E-state index contributed by atoms with van der Waals surface area (Å²) in [5, 5.41) is 3.05. The molecule has 1 fully saturated rings. The fourth-order valence-corrected chi connectivity index (χ4v) is 5.14. The van der Waals surface area contributed by atoms with Crippen molar-refractivity contribution >= 4 is 23.3 Å². The molecule has 0 spiro atoms. The molecule has 9 heteroatoms. The van der Waals surface area contributed by atoms with Crippen molar-refractivity contribution in [3.05, 3.63) is 65.4 Å². The number of ether oxygens (including phenoxy) is 2. The van der Waals surface area contributed by atoms with Gasteiger partial charge in [-0.1, -0.05) is 12.1 Å². The molecule has 0 radical (unpaired) electrons. The van der Waals surface area contributed by atoms with E-state index >= 15 is 0 Å². The Balaban J connectivity index is 1.12. The highest BCUT2D eigenvalue weighted by Gasteiger charge is 2.28. The van der Waals surface area contributed by atoms with Crippen LogP contribution >= 0.6 is 0 Å². The average molecular weight is 499 g/mol. The third-order valence-corrected chi connectivity index (χ3v) is 7.21. The van der Waals surface area contributed by atoms with Crippen LogP contribution in [0.25, 0.3) is 11.3 Å². The van der Waals surface area contributed by atoms with Crippen molar-refractivity contribution in [2.24, 2.45) is 10.9 Å². The highest BCUT2D eigenvalue weighted by Crippen LogP contribution is 2.36. The van der Waals surface area contributed by atoms with Gasteiger partial charge in [-0.2, -0.15) is 0 Å². The van der Waals surface area contributed by atoms with Crippen molar-refractivity contribution in [3.8, 4) is 17.0 Å². The van der Waals surface area contributed by atoms with E-state index < -0.39 is 0 Å². The highest BCUT2D eigenvalue weighted by molar-refractivity contribution is 5.97. The van der Waals surface area contributed by atoms with Crippen LogP contribution in [0.3, 0.4) is 0 Å². The van der Waals surface area contributed by atoms with Gasteiger partial charge < -0.3 is 20.5 Å². The predicted octanol–water partition coefficient (Wildman–Crippen LogP) is 2.67. The maximum Gasteiger partial charge on any atom is 0.251 e. The third kappa shape index (κ3) is 5.19. The summed E-state index contributed by atoms with van der Waals surface area (Å²) in [6.45, 7) is 5.38. The molecule has 4 heterocycles. The molecule has 1 aromatic heterocycles. The Hall–Kier alpha value is -3.82. The number of hydrogen-bond acceptors (Lipinski definition) is 8. The number of hydrogen-bond donors (Lipinski definition) is 2. The van der Waals surface area contributed by atoms with E-state index in [1.54, 1.807) is 6.20 Å². The van der Waals surface area contributed by atoms with E-state index in [4.69, 9.17) is 20.2 Å². The Kier molecular flexibility index (Phi) is 6.55. The van der Waals surface area contributed by atoms with Gasteiger partial charge in [0, 0.05) is 61.6 Å². The van der Waals surface area contributed by atoms with E-state index in [0.29, 0.717) is 18.7 Å². The fourth-order valence-electron chi connectivity index (χ4n) is 5.14. The zero-order valence-corrected chi connectivity index (χ0v) is 20.7. The second kappa shape index (κ2) is 10.3. The Morgan fingerprint density at radius 1 is 1.11 bits per heavy atom. The number of nitrogens with two attached hydrogens (primary N) is 1. The first-order valence-electron chi connectivity index (χ1n) is 12.8. The summed E-state index contributed by atoms with van der Waals surface area (Å²) in [4.78, 5) is 28.4. The Labute approximate surface area is 215 Å². The van der Waals surface area contributed by atoms with Crippen molar-refractivity contribution in [2.45, 2.75) is 12.8 Å². The SMILES string of the molecule is Nc1nccc(-c2ccc3c(c2)N=C(C2COc4ccc(C(=O)NCCN5CCOCC5)cc4C2)C3)n1. The number of anilines is 1. The minimum atomic E-state index is -0.0540. The first-order valence-corrected chi connectivity index (χ1v) is 12.8. The molecule has 3 N–H and O–H groups in total. The van der Waals surface area contributed by atoms with Gasteiger partial charge in [-0.15, -0.1) is 0 Å². The lowest BCUT2D eigenvalue weighted by molar-refractivity contribution is 0.0383. The summed E-state index contributed by atoms with van der Waals surface area (Å²) < 4.78 is 11.5. The second-order valence-corrected chi connectivity index (χ2v) is 9.67. The predicted molar refractivity (Wildman–Crippen MR) is 141 cm³/mol. The fraction of sp³-hybridized carbons (Fsp3) is 0.357. The topological polar surface area (TPSA) is 115 Å². The molecule has 1 saturated heterocycles. The molecule has 3 aromatic rings. The van der Waals surface area contributed by atoms with Crippen LogP contribution in [0.1, 0.15) is 21.5 Å². The Morgan fingerprint density at radius 3 is 2.86 bits per heavy atom. The number of nitrogen functional groups attached to an aromatic ring is 1. The molecule has 37 heavy (non-hydrogen) atoms. The van der Waals surface area contributed by atoms with Gasteiger partial charge in [0.2, 0.25) is 5.95 Å². The summed E-state index contributed by atoms with van der Waals surface area (Å²) in [6, 6.07) is 13.8. The summed E-state index contributed by atoms with van der Waals surface area (Å²) >= 11 is 0. The first-order chi connectivity index (χ1) is 18.1. The van der Waals surface area contributed by atoms with Gasteiger partial charge in [-0.25, -0.2) is 9.97 Å². The van der Waals surface area contributed by atoms with Crippen LogP contribution in [0.2, 0.25) is 0 Å². The molecule has 3 aliphatic heterocycles. The molecule has 190 valence electrons. The first kappa shape index (κ1) is 23.6. The summed E-state index contributed by atoms with van der Waals surface area (Å²) in [7, 11) is 0. The van der Waals surface area contributed by atoms with Gasteiger partial charge >= 0.3 is 0 Å². The molecule has 1 atom stereocenters. The van der Waals surface area contributed by atoms with E-state index in [9.17, 15) is 4.79 Å². The number of nitrogens with one attached hydrogen (secondary N) is 1. The Bertz CT molecular complexity index is 1350. The summed E-state index contributed by atoms with van der Waals surface area (Å²) in [5.41, 5.74) is 12.5. The Morgan fingerprint density at radius 2 is 2.00 bits per heavy atom. The van der Waals surface area contributed by atoms with Crippen LogP contribution in [0.15, 0.2) is 53.7 Å². The number of carbonyl (C=O) groups excluding carboxylic acids is 1. The normalized spacial score (nSPS) is 18.9. The van der Waals surface area contributed by atoms with Crippen molar-refractivity contribution in [3.63, 3.8) is 0 Å². The molecule has 3 aliphatic rings. The van der Waals surface area contributed by atoms with Gasteiger partial charge in [0.25, 0.3) is 5.91 Å². The number of benzene rings is 2. The number of rotatable bonds is 6. The number of morpholine rings is 1. The second-order valence-electron chi connectivity index (χ2n) is 9.67. The largest absolute Gasteiger partial charge is 0.493 e.